The zero-order chi connectivity index (χ0) is 11.3. The number of oxime groups is 1. The van der Waals surface area contributed by atoms with Crippen LogP contribution in [-0.4, -0.2) is 24.0 Å². The van der Waals surface area contributed by atoms with Crippen molar-refractivity contribution in [2.45, 2.75) is 6.92 Å². The molecule has 0 aromatic heterocycles. The van der Waals surface area contributed by atoms with Gasteiger partial charge in [-0.15, -0.1) is 0 Å². The third-order valence-corrected chi connectivity index (χ3v) is 2.02. The number of nitrogens with zero attached hydrogens (tertiary/aromatic N) is 1. The number of ether oxygens (including phenoxy) is 1. The van der Waals surface area contributed by atoms with Crippen molar-refractivity contribution >= 4 is 23.8 Å². The van der Waals surface area contributed by atoms with Gasteiger partial charge in [0, 0.05) is 0 Å². The maximum Gasteiger partial charge on any atom is 0.339 e. The second-order valence-corrected chi connectivity index (χ2v) is 3.11. The smallest absolute Gasteiger partial charge is 0.339 e. The maximum atomic E-state index is 11.4. The van der Waals surface area contributed by atoms with E-state index in [1.165, 1.54) is 12.3 Å². The van der Waals surface area contributed by atoms with E-state index in [0.717, 1.165) is 0 Å². The number of halogens is 1. The number of hydrogen-bond donors (Lipinski definition) is 1. The number of carbonyl (C=O) groups excluding carboxylic acids is 1. The summed E-state index contributed by atoms with van der Waals surface area (Å²) < 4.78 is 4.81. The molecule has 0 heterocycles. The van der Waals surface area contributed by atoms with Crippen molar-refractivity contribution < 1.29 is 14.7 Å². The van der Waals surface area contributed by atoms with E-state index in [-0.39, 0.29) is 12.2 Å². The van der Waals surface area contributed by atoms with E-state index in [2.05, 4.69) is 5.16 Å². The minimum Gasteiger partial charge on any atom is -0.462 e. The van der Waals surface area contributed by atoms with Crippen LogP contribution in [-0.2, 0) is 4.74 Å². The first-order chi connectivity index (χ1) is 7.19. The highest BCUT2D eigenvalue weighted by atomic mass is 35.5. The summed E-state index contributed by atoms with van der Waals surface area (Å²) in [6.45, 7) is 2.00. The Morgan fingerprint density at radius 3 is 3.00 bits per heavy atom. The highest BCUT2D eigenvalue weighted by Gasteiger charge is 2.11. The Labute approximate surface area is 92.1 Å². The van der Waals surface area contributed by atoms with Gasteiger partial charge in [0.15, 0.2) is 0 Å². The first kappa shape index (κ1) is 11.5. The van der Waals surface area contributed by atoms with E-state index in [9.17, 15) is 4.79 Å². The van der Waals surface area contributed by atoms with Gasteiger partial charge in [-0.25, -0.2) is 4.79 Å². The molecule has 80 valence electrons. The number of esters is 1. The largest absolute Gasteiger partial charge is 0.462 e. The summed E-state index contributed by atoms with van der Waals surface area (Å²) in [6, 6.07) is 4.68. The quantitative estimate of drug-likeness (QED) is 0.373. The predicted molar refractivity (Wildman–Crippen MR) is 56.8 cm³/mol. The molecule has 4 nitrogen and oxygen atoms in total. The maximum absolute atomic E-state index is 11.4. The van der Waals surface area contributed by atoms with Crippen LogP contribution in [0.4, 0.5) is 0 Å². The predicted octanol–water partition coefficient (Wildman–Crippen LogP) is 2.32. The van der Waals surface area contributed by atoms with Crippen molar-refractivity contribution in [2.24, 2.45) is 5.16 Å². The molecule has 0 radical (unpaired) electrons. The van der Waals surface area contributed by atoms with Gasteiger partial charge < -0.3 is 9.94 Å². The molecule has 0 amide bonds. The summed E-state index contributed by atoms with van der Waals surface area (Å²) in [5, 5.41) is 11.5. The Hall–Kier alpha value is -1.55. The molecular weight excluding hydrogens is 218 g/mol. The Morgan fingerprint density at radius 2 is 2.40 bits per heavy atom. The van der Waals surface area contributed by atoms with Crippen molar-refractivity contribution in [3.63, 3.8) is 0 Å². The summed E-state index contributed by atoms with van der Waals surface area (Å²) in [5.74, 6) is -0.490. The average Bonchev–Trinajstić information content (AvgIpc) is 2.21. The lowest BCUT2D eigenvalue weighted by atomic mass is 10.1. The van der Waals surface area contributed by atoms with E-state index in [1.54, 1.807) is 19.1 Å². The van der Waals surface area contributed by atoms with Crippen molar-refractivity contribution in [3.05, 3.63) is 34.3 Å². The number of rotatable bonds is 3. The zero-order valence-electron chi connectivity index (χ0n) is 8.11. The fourth-order valence-electron chi connectivity index (χ4n) is 1.06. The van der Waals surface area contributed by atoms with Gasteiger partial charge in [0.05, 0.1) is 23.4 Å². The van der Waals surface area contributed by atoms with Crippen LogP contribution < -0.4 is 0 Å². The molecule has 0 fully saturated rings. The summed E-state index contributed by atoms with van der Waals surface area (Å²) in [5.41, 5.74) is 0.834. The van der Waals surface area contributed by atoms with Gasteiger partial charge in [-0.3, -0.25) is 0 Å². The van der Waals surface area contributed by atoms with E-state index < -0.39 is 5.97 Å². The average molecular weight is 228 g/mol. The lowest BCUT2D eigenvalue weighted by Crippen LogP contribution is -2.05. The van der Waals surface area contributed by atoms with Crippen molar-refractivity contribution in [3.8, 4) is 0 Å². The first-order valence-electron chi connectivity index (χ1n) is 4.33. The lowest BCUT2D eigenvalue weighted by molar-refractivity contribution is 0.0526. The van der Waals surface area contributed by atoms with Gasteiger partial charge in [-0.05, 0) is 24.6 Å². The van der Waals surface area contributed by atoms with Gasteiger partial charge in [-0.2, -0.15) is 0 Å². The Morgan fingerprint density at radius 1 is 1.67 bits per heavy atom. The normalized spacial score (nSPS) is 10.5. The number of carbonyl (C=O) groups is 1. The molecule has 0 saturated carbocycles. The molecular formula is C10H10ClNO3. The third-order valence-electron chi connectivity index (χ3n) is 1.69. The Balaban J connectivity index is 3.04. The fraction of sp³-hybridized carbons (Fsp3) is 0.200. The molecule has 5 heteroatoms. The van der Waals surface area contributed by atoms with Crippen LogP contribution in [0.15, 0.2) is 23.4 Å². The van der Waals surface area contributed by atoms with Crippen molar-refractivity contribution in [1.29, 1.82) is 0 Å². The molecule has 0 aliphatic carbocycles. The fourth-order valence-corrected chi connectivity index (χ4v) is 1.25. The highest BCUT2D eigenvalue weighted by molar-refractivity contribution is 6.33. The second-order valence-electron chi connectivity index (χ2n) is 2.70. The SMILES string of the molecule is CCOC(=O)c1cc(C=NO)ccc1Cl. The van der Waals surface area contributed by atoms with Crippen LogP contribution in [0.5, 0.6) is 0 Å². The summed E-state index contributed by atoms with van der Waals surface area (Å²) in [6.07, 6.45) is 1.21. The molecule has 1 rings (SSSR count). The first-order valence-corrected chi connectivity index (χ1v) is 4.71. The minimum atomic E-state index is -0.490. The zero-order valence-corrected chi connectivity index (χ0v) is 8.86. The topological polar surface area (TPSA) is 58.9 Å². The van der Waals surface area contributed by atoms with Gasteiger partial charge in [0.2, 0.25) is 0 Å². The molecule has 0 aliphatic heterocycles. The number of hydrogen-bond acceptors (Lipinski definition) is 4. The standard InChI is InChI=1S/C10H10ClNO3/c1-2-15-10(13)8-5-7(6-12-14)3-4-9(8)11/h3-6,14H,2H2,1H3. The minimum absolute atomic E-state index is 0.260. The van der Waals surface area contributed by atoms with Crippen LogP contribution in [0.2, 0.25) is 5.02 Å². The summed E-state index contributed by atoms with van der Waals surface area (Å²) >= 11 is 5.82. The molecule has 1 aromatic rings. The van der Waals surface area contributed by atoms with Crippen LogP contribution >= 0.6 is 11.6 Å². The van der Waals surface area contributed by atoms with E-state index in [0.29, 0.717) is 10.6 Å². The van der Waals surface area contributed by atoms with Crippen LogP contribution in [0, 0.1) is 0 Å². The van der Waals surface area contributed by atoms with Gasteiger partial charge in [0.1, 0.15) is 0 Å². The van der Waals surface area contributed by atoms with Crippen LogP contribution in [0.3, 0.4) is 0 Å². The summed E-state index contributed by atoms with van der Waals surface area (Å²) in [7, 11) is 0. The van der Waals surface area contributed by atoms with Gasteiger partial charge >= 0.3 is 5.97 Å². The summed E-state index contributed by atoms with van der Waals surface area (Å²) in [4.78, 5) is 11.4. The molecule has 1 aromatic carbocycles. The monoisotopic (exact) mass is 227 g/mol. The van der Waals surface area contributed by atoms with Gasteiger partial charge in [0.25, 0.3) is 0 Å². The van der Waals surface area contributed by atoms with Crippen LogP contribution in [0.1, 0.15) is 22.8 Å². The highest BCUT2D eigenvalue weighted by Crippen LogP contribution is 2.18. The molecule has 1 N–H and O–H groups in total. The molecule has 0 atom stereocenters. The molecule has 15 heavy (non-hydrogen) atoms. The van der Waals surface area contributed by atoms with E-state index in [4.69, 9.17) is 21.5 Å². The lowest BCUT2D eigenvalue weighted by Gasteiger charge is -2.04. The van der Waals surface area contributed by atoms with Crippen molar-refractivity contribution in [2.75, 3.05) is 6.61 Å². The Kier molecular flexibility index (Phi) is 4.12. The third kappa shape index (κ3) is 2.95. The Bertz CT molecular complexity index is 390. The van der Waals surface area contributed by atoms with Crippen LogP contribution in [0.25, 0.3) is 0 Å². The van der Waals surface area contributed by atoms with E-state index >= 15 is 0 Å². The molecule has 0 unspecified atom stereocenters. The molecule has 0 spiro atoms. The molecule has 0 saturated heterocycles. The van der Waals surface area contributed by atoms with Crippen molar-refractivity contribution in [1.82, 2.24) is 0 Å². The van der Waals surface area contributed by atoms with Gasteiger partial charge in [-0.1, -0.05) is 22.8 Å². The molecule has 0 bridgehead atoms. The molecule has 0 aliphatic rings. The number of benzene rings is 1. The van der Waals surface area contributed by atoms with E-state index in [1.807, 2.05) is 0 Å². The second kappa shape index (κ2) is 5.36.